The van der Waals surface area contributed by atoms with Gasteiger partial charge in [0, 0.05) is 0 Å². The van der Waals surface area contributed by atoms with E-state index in [1.165, 1.54) is 18.8 Å². The second-order valence-corrected chi connectivity index (χ2v) is 2.48. The molecule has 0 bridgehead atoms. The first-order valence-corrected chi connectivity index (χ1v) is 3.30. The van der Waals surface area contributed by atoms with Crippen LogP contribution in [0.4, 0.5) is 0 Å². The molecule has 0 N–H and O–H groups in total. The highest BCUT2D eigenvalue weighted by atomic mass is 32.1. The molecule has 0 aliphatic rings. The maximum Gasteiger partial charge on any atom is -0.00977 e. The Balaban J connectivity index is 2.68. The molecule has 7 heavy (non-hydrogen) atoms. The summed E-state index contributed by atoms with van der Waals surface area (Å²) in [7, 11) is 0. The van der Waals surface area contributed by atoms with Crippen molar-refractivity contribution in [1.29, 1.82) is 0 Å². The molecular formula is C6H13S. The predicted molar refractivity (Wildman–Crippen MR) is 37.7 cm³/mol. The summed E-state index contributed by atoms with van der Waals surface area (Å²) in [6.45, 7) is 4.31. The standard InChI is InChI=1S/C6H13S/c1-6(2)4-3-5-7/h7H,3-5H2,1-2H3. The van der Waals surface area contributed by atoms with Crippen LogP contribution in [0.25, 0.3) is 0 Å². The summed E-state index contributed by atoms with van der Waals surface area (Å²) in [6.07, 6.45) is 2.47. The summed E-state index contributed by atoms with van der Waals surface area (Å²) in [4.78, 5) is 0. The van der Waals surface area contributed by atoms with Gasteiger partial charge in [0.2, 0.25) is 0 Å². The largest absolute Gasteiger partial charge is 0.179 e. The Morgan fingerprint density at radius 2 is 2.00 bits per heavy atom. The Bertz CT molecular complexity index is 33.2. The topological polar surface area (TPSA) is 0 Å². The number of hydrogen-bond acceptors (Lipinski definition) is 1. The van der Waals surface area contributed by atoms with Gasteiger partial charge in [0.05, 0.1) is 0 Å². The minimum atomic E-state index is 1.02. The van der Waals surface area contributed by atoms with E-state index in [2.05, 4.69) is 26.5 Å². The molecule has 0 saturated heterocycles. The van der Waals surface area contributed by atoms with Crippen molar-refractivity contribution in [3.05, 3.63) is 5.92 Å². The van der Waals surface area contributed by atoms with E-state index >= 15 is 0 Å². The van der Waals surface area contributed by atoms with Crippen LogP contribution >= 0.6 is 12.6 Å². The molecule has 0 saturated carbocycles. The van der Waals surface area contributed by atoms with Gasteiger partial charge in [-0.15, -0.1) is 0 Å². The molecule has 1 heteroatoms. The maximum absolute atomic E-state index is 4.08. The molecule has 0 aromatic carbocycles. The summed E-state index contributed by atoms with van der Waals surface area (Å²) >= 11 is 4.08. The molecular weight excluding hydrogens is 104 g/mol. The van der Waals surface area contributed by atoms with E-state index in [4.69, 9.17) is 0 Å². The van der Waals surface area contributed by atoms with Gasteiger partial charge in [-0.1, -0.05) is 13.8 Å². The highest BCUT2D eigenvalue weighted by Gasteiger charge is 1.89. The van der Waals surface area contributed by atoms with Gasteiger partial charge in [-0.05, 0) is 24.5 Å². The lowest BCUT2D eigenvalue weighted by Gasteiger charge is -1.97. The molecule has 43 valence electrons. The van der Waals surface area contributed by atoms with E-state index in [-0.39, 0.29) is 0 Å². The van der Waals surface area contributed by atoms with Gasteiger partial charge in [-0.3, -0.25) is 0 Å². The molecule has 0 aliphatic heterocycles. The fourth-order valence-corrected chi connectivity index (χ4v) is 0.591. The third-order valence-corrected chi connectivity index (χ3v) is 1.15. The average molecular weight is 117 g/mol. The van der Waals surface area contributed by atoms with Crippen molar-refractivity contribution in [2.45, 2.75) is 26.7 Å². The first-order chi connectivity index (χ1) is 3.27. The van der Waals surface area contributed by atoms with Crippen LogP contribution in [0.3, 0.4) is 0 Å². The minimum Gasteiger partial charge on any atom is -0.179 e. The second-order valence-electron chi connectivity index (χ2n) is 2.03. The fourth-order valence-electron chi connectivity index (χ4n) is 0.433. The van der Waals surface area contributed by atoms with Crippen LogP contribution in [0, 0.1) is 5.92 Å². The fraction of sp³-hybridized carbons (Fsp3) is 0.833. The number of thiol groups is 1. The van der Waals surface area contributed by atoms with Gasteiger partial charge in [0.25, 0.3) is 0 Å². The highest BCUT2D eigenvalue weighted by molar-refractivity contribution is 7.80. The quantitative estimate of drug-likeness (QED) is 0.539. The van der Waals surface area contributed by atoms with Crippen molar-refractivity contribution in [2.24, 2.45) is 0 Å². The molecule has 1 radical (unpaired) electrons. The van der Waals surface area contributed by atoms with Crippen molar-refractivity contribution >= 4 is 12.6 Å². The third kappa shape index (κ3) is 6.35. The van der Waals surface area contributed by atoms with E-state index in [0.717, 1.165) is 5.75 Å². The van der Waals surface area contributed by atoms with Crippen molar-refractivity contribution in [3.63, 3.8) is 0 Å². The Morgan fingerprint density at radius 1 is 1.43 bits per heavy atom. The summed E-state index contributed by atoms with van der Waals surface area (Å²) in [5, 5.41) is 0. The zero-order valence-electron chi connectivity index (χ0n) is 5.07. The normalized spacial score (nSPS) is 10.3. The zero-order chi connectivity index (χ0) is 5.70. The lowest BCUT2D eigenvalue weighted by Crippen LogP contribution is -1.83. The van der Waals surface area contributed by atoms with Crippen molar-refractivity contribution in [2.75, 3.05) is 5.75 Å². The first-order valence-electron chi connectivity index (χ1n) is 2.67. The van der Waals surface area contributed by atoms with E-state index < -0.39 is 0 Å². The Labute approximate surface area is 51.7 Å². The number of hydrogen-bond donors (Lipinski definition) is 1. The van der Waals surface area contributed by atoms with Crippen LogP contribution in [-0.4, -0.2) is 5.75 Å². The molecule has 0 fully saturated rings. The van der Waals surface area contributed by atoms with Crippen molar-refractivity contribution < 1.29 is 0 Å². The van der Waals surface area contributed by atoms with Crippen molar-refractivity contribution in [1.82, 2.24) is 0 Å². The van der Waals surface area contributed by atoms with Gasteiger partial charge in [-0.2, -0.15) is 12.6 Å². The minimum absolute atomic E-state index is 1.02. The van der Waals surface area contributed by atoms with Crippen LogP contribution in [0.1, 0.15) is 26.7 Å². The van der Waals surface area contributed by atoms with Crippen molar-refractivity contribution in [3.8, 4) is 0 Å². The Morgan fingerprint density at radius 3 is 2.14 bits per heavy atom. The van der Waals surface area contributed by atoms with Gasteiger partial charge in [-0.25, -0.2) is 0 Å². The molecule has 0 amide bonds. The SMILES string of the molecule is C[C](C)CCCS. The van der Waals surface area contributed by atoms with E-state index in [1.54, 1.807) is 0 Å². The monoisotopic (exact) mass is 117 g/mol. The molecule has 0 aliphatic carbocycles. The van der Waals surface area contributed by atoms with Gasteiger partial charge >= 0.3 is 0 Å². The number of rotatable bonds is 3. The molecule has 0 unspecified atom stereocenters. The summed E-state index contributed by atoms with van der Waals surface area (Å²) < 4.78 is 0. The Kier molecular flexibility index (Phi) is 4.73. The van der Waals surface area contributed by atoms with Crippen LogP contribution in [0.15, 0.2) is 0 Å². The van der Waals surface area contributed by atoms with E-state index in [1.807, 2.05) is 0 Å². The molecule has 0 aromatic heterocycles. The third-order valence-electron chi connectivity index (χ3n) is 0.835. The van der Waals surface area contributed by atoms with Crippen LogP contribution in [0.5, 0.6) is 0 Å². The zero-order valence-corrected chi connectivity index (χ0v) is 5.96. The Hall–Kier alpha value is 0.350. The summed E-state index contributed by atoms with van der Waals surface area (Å²) in [5.41, 5.74) is 0. The average Bonchev–Trinajstić information content (AvgIpc) is 1.61. The molecule has 0 aromatic rings. The predicted octanol–water partition coefficient (Wildman–Crippen LogP) is 2.31. The molecule has 0 atom stereocenters. The first kappa shape index (κ1) is 7.35. The van der Waals surface area contributed by atoms with E-state index in [0.29, 0.717) is 0 Å². The summed E-state index contributed by atoms with van der Waals surface area (Å²) in [6, 6.07) is 0. The lowest BCUT2D eigenvalue weighted by atomic mass is 10.1. The van der Waals surface area contributed by atoms with Gasteiger partial charge in [0.1, 0.15) is 0 Å². The van der Waals surface area contributed by atoms with Gasteiger partial charge < -0.3 is 0 Å². The van der Waals surface area contributed by atoms with Crippen LogP contribution < -0.4 is 0 Å². The summed E-state index contributed by atoms with van der Waals surface area (Å²) in [5.74, 6) is 2.53. The van der Waals surface area contributed by atoms with E-state index in [9.17, 15) is 0 Å². The van der Waals surface area contributed by atoms with Crippen LogP contribution in [-0.2, 0) is 0 Å². The second kappa shape index (κ2) is 4.51. The maximum atomic E-state index is 4.08. The molecule has 0 heterocycles. The molecule has 0 rings (SSSR count). The van der Waals surface area contributed by atoms with Crippen LogP contribution in [0.2, 0.25) is 0 Å². The van der Waals surface area contributed by atoms with Gasteiger partial charge in [0.15, 0.2) is 0 Å². The molecule has 0 nitrogen and oxygen atoms in total. The lowest BCUT2D eigenvalue weighted by molar-refractivity contribution is 0.815. The highest BCUT2D eigenvalue weighted by Crippen LogP contribution is 2.05. The smallest absolute Gasteiger partial charge is 0.00977 e. The molecule has 0 spiro atoms.